The van der Waals surface area contributed by atoms with Gasteiger partial charge in [0, 0.05) is 43.0 Å². The van der Waals surface area contributed by atoms with Crippen molar-refractivity contribution in [2.75, 3.05) is 32.4 Å². The Labute approximate surface area is 241 Å². The van der Waals surface area contributed by atoms with E-state index in [0.717, 1.165) is 52.3 Å². The van der Waals surface area contributed by atoms with Gasteiger partial charge in [0.2, 0.25) is 5.91 Å². The molecule has 6 rings (SSSR count). The summed E-state index contributed by atoms with van der Waals surface area (Å²) in [5.41, 5.74) is 10.6. The number of anilines is 1. The number of para-hydroxylation sites is 1. The molecule has 1 unspecified atom stereocenters. The highest BCUT2D eigenvalue weighted by Crippen LogP contribution is 2.43. The monoisotopic (exact) mass is 550 g/mol. The molecule has 3 heterocycles. The fraction of sp³-hybridized carbons (Fsp3) is 0.364. The molecule has 1 atom stereocenters. The van der Waals surface area contributed by atoms with Crippen molar-refractivity contribution >= 4 is 22.8 Å². The summed E-state index contributed by atoms with van der Waals surface area (Å²) in [5, 5.41) is 0.862. The molecule has 2 aliphatic rings. The van der Waals surface area contributed by atoms with E-state index in [2.05, 4.69) is 47.5 Å². The van der Waals surface area contributed by atoms with Crippen LogP contribution in [-0.2, 0) is 4.79 Å². The standard InChI is InChI=1S/C33H38N6O2/c1-22(2)31-29(23-11-15-27(16-12-23)41-26-8-5-4-6-9-26)30-32(34)35-21-36-33(30)39(31)25-17-19-38(20-25)28(40)10-7-18-37(3)24-13-14-24/h4-12,15-16,21-22,24-25H,13-14,17-20H2,1-3H3,(H2,34,35,36). The van der Waals surface area contributed by atoms with E-state index in [1.54, 1.807) is 6.08 Å². The molecule has 1 aliphatic heterocycles. The SMILES string of the molecule is CC(C)c1c(-c2ccc(Oc3ccccc3)cc2)c2c(N)ncnc2n1C1CCN(C(=O)C=CCN(C)C2CC2)C1. The van der Waals surface area contributed by atoms with Gasteiger partial charge in [0.15, 0.2) is 0 Å². The molecule has 2 N–H and O–H groups in total. The summed E-state index contributed by atoms with van der Waals surface area (Å²) in [5.74, 6) is 2.29. The van der Waals surface area contributed by atoms with Gasteiger partial charge in [0.1, 0.15) is 29.3 Å². The Morgan fingerprint density at radius 3 is 2.51 bits per heavy atom. The van der Waals surface area contributed by atoms with Crippen LogP contribution < -0.4 is 10.5 Å². The fourth-order valence-electron chi connectivity index (χ4n) is 5.96. The van der Waals surface area contributed by atoms with E-state index in [-0.39, 0.29) is 17.9 Å². The number of likely N-dealkylation sites (tertiary alicyclic amines) is 1. The van der Waals surface area contributed by atoms with Crippen LogP contribution in [0.4, 0.5) is 5.82 Å². The lowest BCUT2D eigenvalue weighted by Crippen LogP contribution is -2.28. The average Bonchev–Trinajstić information content (AvgIpc) is 3.60. The number of amides is 1. The van der Waals surface area contributed by atoms with Gasteiger partial charge in [0.05, 0.1) is 11.4 Å². The van der Waals surface area contributed by atoms with Gasteiger partial charge in [-0.3, -0.25) is 9.69 Å². The van der Waals surface area contributed by atoms with Gasteiger partial charge in [-0.2, -0.15) is 0 Å². The van der Waals surface area contributed by atoms with Crippen LogP contribution in [0.2, 0.25) is 0 Å². The molecule has 8 nitrogen and oxygen atoms in total. The predicted octanol–water partition coefficient (Wildman–Crippen LogP) is 6.02. The molecule has 1 amide bonds. The van der Waals surface area contributed by atoms with E-state index in [4.69, 9.17) is 15.5 Å². The van der Waals surface area contributed by atoms with Crippen molar-refractivity contribution in [2.45, 2.75) is 51.1 Å². The van der Waals surface area contributed by atoms with Gasteiger partial charge in [-0.25, -0.2) is 9.97 Å². The predicted molar refractivity (Wildman–Crippen MR) is 163 cm³/mol. The number of benzene rings is 2. The number of carbonyl (C=O) groups is 1. The summed E-state index contributed by atoms with van der Waals surface area (Å²) < 4.78 is 8.35. The Balaban J connectivity index is 1.30. The second-order valence-corrected chi connectivity index (χ2v) is 11.5. The Kier molecular flexibility index (Phi) is 7.49. The van der Waals surface area contributed by atoms with Crippen LogP contribution in [-0.4, -0.2) is 63.0 Å². The third kappa shape index (κ3) is 5.57. The first-order valence-electron chi connectivity index (χ1n) is 14.5. The van der Waals surface area contributed by atoms with E-state index in [0.29, 0.717) is 24.9 Å². The van der Waals surface area contributed by atoms with Gasteiger partial charge >= 0.3 is 0 Å². The maximum atomic E-state index is 13.1. The van der Waals surface area contributed by atoms with E-state index < -0.39 is 0 Å². The number of likely N-dealkylation sites (N-methyl/N-ethyl adjacent to an activating group) is 1. The van der Waals surface area contributed by atoms with Crippen molar-refractivity contribution in [1.29, 1.82) is 0 Å². The Bertz CT molecular complexity index is 1560. The Morgan fingerprint density at radius 2 is 1.80 bits per heavy atom. The lowest BCUT2D eigenvalue weighted by atomic mass is 9.97. The summed E-state index contributed by atoms with van der Waals surface area (Å²) in [4.78, 5) is 26.4. The minimum Gasteiger partial charge on any atom is -0.457 e. The highest BCUT2D eigenvalue weighted by molar-refractivity contribution is 6.02. The van der Waals surface area contributed by atoms with E-state index in [9.17, 15) is 4.79 Å². The lowest BCUT2D eigenvalue weighted by Gasteiger charge is -2.21. The minimum atomic E-state index is 0.0719. The smallest absolute Gasteiger partial charge is 0.246 e. The molecular formula is C33H38N6O2. The fourth-order valence-corrected chi connectivity index (χ4v) is 5.96. The first-order chi connectivity index (χ1) is 19.9. The minimum absolute atomic E-state index is 0.0719. The summed E-state index contributed by atoms with van der Waals surface area (Å²) in [6, 6.07) is 18.7. The summed E-state index contributed by atoms with van der Waals surface area (Å²) >= 11 is 0. The molecule has 0 spiro atoms. The van der Waals surface area contributed by atoms with Crippen LogP contribution in [0, 0.1) is 0 Å². The normalized spacial score (nSPS) is 17.4. The zero-order chi connectivity index (χ0) is 28.5. The molecule has 2 aromatic carbocycles. The zero-order valence-electron chi connectivity index (χ0n) is 24.0. The molecule has 212 valence electrons. The van der Waals surface area contributed by atoms with Crippen LogP contribution in [0.3, 0.4) is 0 Å². The summed E-state index contributed by atoms with van der Waals surface area (Å²) in [6.45, 7) is 6.55. The zero-order valence-corrected chi connectivity index (χ0v) is 24.0. The second-order valence-electron chi connectivity index (χ2n) is 11.5. The van der Waals surface area contributed by atoms with E-state index >= 15 is 0 Å². The molecule has 0 bridgehead atoms. The van der Waals surface area contributed by atoms with Crippen LogP contribution in [0.25, 0.3) is 22.2 Å². The lowest BCUT2D eigenvalue weighted by molar-refractivity contribution is -0.125. The topological polar surface area (TPSA) is 89.5 Å². The quantitative estimate of drug-likeness (QED) is 0.256. The van der Waals surface area contributed by atoms with Crippen molar-refractivity contribution in [3.8, 4) is 22.6 Å². The molecule has 1 saturated heterocycles. The number of nitrogens with two attached hydrogens (primary N) is 1. The summed E-state index contributed by atoms with van der Waals surface area (Å²) in [7, 11) is 2.12. The largest absolute Gasteiger partial charge is 0.457 e. The number of rotatable bonds is 9. The van der Waals surface area contributed by atoms with Crippen molar-refractivity contribution < 1.29 is 9.53 Å². The molecule has 41 heavy (non-hydrogen) atoms. The molecule has 0 radical (unpaired) electrons. The molecule has 4 aromatic rings. The van der Waals surface area contributed by atoms with Crippen molar-refractivity contribution in [3.05, 3.63) is 78.8 Å². The van der Waals surface area contributed by atoms with Gasteiger partial charge in [-0.1, -0.05) is 50.3 Å². The number of hydrogen-bond donors (Lipinski definition) is 1. The maximum absolute atomic E-state index is 13.1. The van der Waals surface area contributed by atoms with Gasteiger partial charge in [-0.05, 0) is 62.1 Å². The molecule has 8 heteroatoms. The van der Waals surface area contributed by atoms with E-state index in [1.807, 2.05) is 53.4 Å². The van der Waals surface area contributed by atoms with Crippen LogP contribution >= 0.6 is 0 Å². The highest BCUT2D eigenvalue weighted by atomic mass is 16.5. The summed E-state index contributed by atoms with van der Waals surface area (Å²) in [6.07, 6.45) is 8.65. The molecule has 1 saturated carbocycles. The number of carbonyl (C=O) groups excluding carboxylic acids is 1. The number of aromatic nitrogens is 3. The average molecular weight is 551 g/mol. The van der Waals surface area contributed by atoms with E-state index in [1.165, 1.54) is 19.2 Å². The number of fused-ring (bicyclic) bond motifs is 1. The maximum Gasteiger partial charge on any atom is 0.246 e. The van der Waals surface area contributed by atoms with Gasteiger partial charge in [-0.15, -0.1) is 0 Å². The second kappa shape index (κ2) is 11.4. The molecule has 2 fully saturated rings. The van der Waals surface area contributed by atoms with Crippen molar-refractivity contribution in [2.24, 2.45) is 0 Å². The first kappa shape index (κ1) is 27.0. The van der Waals surface area contributed by atoms with Crippen LogP contribution in [0.5, 0.6) is 11.5 Å². The van der Waals surface area contributed by atoms with Gasteiger partial charge < -0.3 is 19.9 Å². The molecular weight excluding hydrogens is 512 g/mol. The van der Waals surface area contributed by atoms with Crippen LogP contribution in [0.15, 0.2) is 73.1 Å². The Morgan fingerprint density at radius 1 is 1.07 bits per heavy atom. The van der Waals surface area contributed by atoms with Crippen molar-refractivity contribution in [1.82, 2.24) is 24.3 Å². The van der Waals surface area contributed by atoms with Crippen molar-refractivity contribution in [3.63, 3.8) is 0 Å². The number of nitrogens with zero attached hydrogens (tertiary/aromatic N) is 5. The molecule has 1 aliphatic carbocycles. The number of hydrogen-bond acceptors (Lipinski definition) is 6. The number of ether oxygens (including phenoxy) is 1. The Hall–Kier alpha value is -4.17. The first-order valence-corrected chi connectivity index (χ1v) is 14.5. The number of nitrogen functional groups attached to an aromatic ring is 1. The third-order valence-corrected chi connectivity index (χ3v) is 8.18. The van der Waals surface area contributed by atoms with Gasteiger partial charge in [0.25, 0.3) is 0 Å². The van der Waals surface area contributed by atoms with Crippen LogP contribution in [0.1, 0.15) is 50.8 Å². The highest BCUT2D eigenvalue weighted by Gasteiger charge is 2.33. The third-order valence-electron chi connectivity index (χ3n) is 8.18. The molecule has 2 aromatic heterocycles.